The monoisotopic (exact) mass is 373 g/mol. The van der Waals surface area contributed by atoms with Crippen LogP contribution in [-0.2, 0) is 4.79 Å². The number of amides is 2. The quantitative estimate of drug-likeness (QED) is 0.896. The molecule has 1 fully saturated rings. The number of piperidine rings is 1. The maximum absolute atomic E-state index is 13.8. The molecule has 3 rings (SSSR count). The van der Waals surface area contributed by atoms with Crippen molar-refractivity contribution in [2.24, 2.45) is 5.92 Å². The zero-order valence-corrected chi connectivity index (χ0v) is 15.0. The van der Waals surface area contributed by atoms with E-state index in [1.807, 2.05) is 25.1 Å². The van der Waals surface area contributed by atoms with Crippen LogP contribution in [-0.4, -0.2) is 34.8 Å². The van der Waals surface area contributed by atoms with Crippen molar-refractivity contribution < 1.29 is 18.4 Å². The Morgan fingerprint density at radius 2 is 1.93 bits per heavy atom. The molecule has 1 aromatic carbocycles. The number of nitrogens with zero attached hydrogens (tertiary/aromatic N) is 2. The van der Waals surface area contributed by atoms with Crippen LogP contribution in [0.2, 0.25) is 0 Å². The van der Waals surface area contributed by atoms with Crippen molar-refractivity contribution in [2.45, 2.75) is 25.8 Å². The molecule has 1 saturated heterocycles. The fraction of sp³-hybridized carbons (Fsp3) is 0.350. The molecule has 5 nitrogen and oxygen atoms in total. The summed E-state index contributed by atoms with van der Waals surface area (Å²) in [5, 5.41) is 2.95. The smallest absolute Gasteiger partial charge is 0.256 e. The number of hydrogen-bond donors (Lipinski definition) is 1. The molecule has 1 aliphatic heterocycles. The van der Waals surface area contributed by atoms with Crippen LogP contribution in [0.1, 0.15) is 41.9 Å². The molecule has 2 heterocycles. The SMILES string of the molecule is CC(NC(=O)C1CCN(C(=O)c2ccc(F)cc2F)CC1)c1ccccn1. The van der Waals surface area contributed by atoms with Gasteiger partial charge in [-0.1, -0.05) is 6.07 Å². The normalized spacial score (nSPS) is 16.0. The van der Waals surface area contributed by atoms with E-state index in [0.717, 1.165) is 17.8 Å². The van der Waals surface area contributed by atoms with Crippen molar-refractivity contribution in [3.05, 3.63) is 65.5 Å². The zero-order chi connectivity index (χ0) is 19.4. The first-order valence-electron chi connectivity index (χ1n) is 8.91. The summed E-state index contributed by atoms with van der Waals surface area (Å²) >= 11 is 0. The van der Waals surface area contributed by atoms with Gasteiger partial charge in [0.15, 0.2) is 0 Å². The van der Waals surface area contributed by atoms with Crippen molar-refractivity contribution in [1.82, 2.24) is 15.2 Å². The van der Waals surface area contributed by atoms with Crippen LogP contribution in [0.15, 0.2) is 42.6 Å². The van der Waals surface area contributed by atoms with Crippen molar-refractivity contribution >= 4 is 11.8 Å². The minimum absolute atomic E-state index is 0.0757. The standard InChI is InChI=1S/C20H21F2N3O2/c1-13(18-4-2-3-9-23-18)24-19(26)14-7-10-25(11-8-14)20(27)16-6-5-15(21)12-17(16)22/h2-6,9,12-14H,7-8,10-11H2,1H3,(H,24,26). The highest BCUT2D eigenvalue weighted by Gasteiger charge is 2.29. The highest BCUT2D eigenvalue weighted by Crippen LogP contribution is 2.22. The lowest BCUT2D eigenvalue weighted by Gasteiger charge is -2.32. The number of hydrogen-bond acceptors (Lipinski definition) is 3. The van der Waals surface area contributed by atoms with Gasteiger partial charge in [0.2, 0.25) is 5.91 Å². The van der Waals surface area contributed by atoms with Crippen molar-refractivity contribution in [3.8, 4) is 0 Å². The first-order valence-corrected chi connectivity index (χ1v) is 8.91. The number of nitrogens with one attached hydrogen (secondary N) is 1. The number of pyridine rings is 1. The van der Waals surface area contributed by atoms with Crippen molar-refractivity contribution in [3.63, 3.8) is 0 Å². The fourth-order valence-corrected chi connectivity index (χ4v) is 3.22. The van der Waals surface area contributed by atoms with Crippen molar-refractivity contribution in [1.29, 1.82) is 0 Å². The topological polar surface area (TPSA) is 62.3 Å². The van der Waals surface area contributed by atoms with Gasteiger partial charge in [-0.3, -0.25) is 14.6 Å². The molecule has 0 spiro atoms. The third kappa shape index (κ3) is 4.48. The number of halogens is 2. The Labute approximate surface area is 156 Å². The molecule has 1 atom stereocenters. The van der Waals surface area contributed by atoms with Gasteiger partial charge in [0.1, 0.15) is 11.6 Å². The number of carbonyl (C=O) groups excluding carboxylic acids is 2. The van der Waals surface area contributed by atoms with Gasteiger partial charge in [0.25, 0.3) is 5.91 Å². The molecule has 1 unspecified atom stereocenters. The molecule has 2 amide bonds. The lowest BCUT2D eigenvalue weighted by Crippen LogP contribution is -2.43. The molecule has 27 heavy (non-hydrogen) atoms. The van der Waals surface area contributed by atoms with Crippen LogP contribution in [0.25, 0.3) is 0 Å². The number of likely N-dealkylation sites (tertiary alicyclic amines) is 1. The van der Waals surface area contributed by atoms with Gasteiger partial charge in [-0.15, -0.1) is 0 Å². The van der Waals surface area contributed by atoms with E-state index in [-0.39, 0.29) is 23.4 Å². The average Bonchev–Trinajstić information content (AvgIpc) is 2.68. The van der Waals surface area contributed by atoms with E-state index in [1.165, 1.54) is 4.90 Å². The Morgan fingerprint density at radius 1 is 1.19 bits per heavy atom. The summed E-state index contributed by atoms with van der Waals surface area (Å²) in [6.45, 7) is 2.58. The third-order valence-electron chi connectivity index (χ3n) is 4.80. The van der Waals surface area contributed by atoms with Crippen LogP contribution in [0, 0.1) is 17.6 Å². The van der Waals surface area contributed by atoms with E-state index in [9.17, 15) is 18.4 Å². The summed E-state index contributed by atoms with van der Waals surface area (Å²) in [7, 11) is 0. The molecule has 0 bridgehead atoms. The largest absolute Gasteiger partial charge is 0.348 e. The van der Waals surface area contributed by atoms with Gasteiger partial charge in [-0.25, -0.2) is 8.78 Å². The van der Waals surface area contributed by atoms with Crippen LogP contribution in [0.3, 0.4) is 0 Å². The van der Waals surface area contributed by atoms with Crippen LogP contribution < -0.4 is 5.32 Å². The number of aromatic nitrogens is 1. The Morgan fingerprint density at radius 3 is 2.56 bits per heavy atom. The van der Waals surface area contributed by atoms with Crippen LogP contribution in [0.4, 0.5) is 8.78 Å². The average molecular weight is 373 g/mol. The first kappa shape index (κ1) is 18.9. The van der Waals surface area contributed by atoms with Crippen molar-refractivity contribution in [2.75, 3.05) is 13.1 Å². The Hall–Kier alpha value is -2.83. The predicted octanol–water partition coefficient (Wildman–Crippen LogP) is 3.09. The zero-order valence-electron chi connectivity index (χ0n) is 15.0. The Bertz CT molecular complexity index is 821. The van der Waals surface area contributed by atoms with E-state index in [2.05, 4.69) is 10.3 Å². The lowest BCUT2D eigenvalue weighted by molar-refractivity contribution is -0.127. The second-order valence-corrected chi connectivity index (χ2v) is 6.68. The number of rotatable bonds is 4. The summed E-state index contributed by atoms with van der Waals surface area (Å²) in [4.78, 5) is 30.6. The molecule has 7 heteroatoms. The summed E-state index contributed by atoms with van der Waals surface area (Å²) in [5.41, 5.74) is 0.633. The fourth-order valence-electron chi connectivity index (χ4n) is 3.22. The molecule has 0 aliphatic carbocycles. The Balaban J connectivity index is 1.55. The number of carbonyl (C=O) groups is 2. The lowest BCUT2D eigenvalue weighted by atomic mass is 9.95. The first-order chi connectivity index (χ1) is 13.0. The maximum atomic E-state index is 13.8. The molecular formula is C20H21F2N3O2. The van der Waals surface area contributed by atoms with Crippen LogP contribution >= 0.6 is 0 Å². The predicted molar refractivity (Wildman–Crippen MR) is 95.8 cm³/mol. The molecule has 0 radical (unpaired) electrons. The highest BCUT2D eigenvalue weighted by atomic mass is 19.1. The molecule has 1 aliphatic rings. The minimum Gasteiger partial charge on any atom is -0.348 e. The van der Waals surface area contributed by atoms with Gasteiger partial charge in [0.05, 0.1) is 17.3 Å². The molecule has 0 saturated carbocycles. The molecule has 1 aromatic heterocycles. The molecule has 2 aromatic rings. The molecule has 1 N–H and O–H groups in total. The van der Waals surface area contributed by atoms with Gasteiger partial charge >= 0.3 is 0 Å². The van der Waals surface area contributed by atoms with Gasteiger partial charge in [0, 0.05) is 31.3 Å². The molecular weight excluding hydrogens is 352 g/mol. The summed E-state index contributed by atoms with van der Waals surface area (Å²) in [5.74, 6) is -2.36. The second kappa shape index (κ2) is 8.24. The Kier molecular flexibility index (Phi) is 5.78. The van der Waals surface area contributed by atoms with Crippen LogP contribution in [0.5, 0.6) is 0 Å². The maximum Gasteiger partial charge on any atom is 0.256 e. The van der Waals surface area contributed by atoms with E-state index in [1.54, 1.807) is 6.20 Å². The second-order valence-electron chi connectivity index (χ2n) is 6.68. The van der Waals surface area contributed by atoms with E-state index >= 15 is 0 Å². The summed E-state index contributed by atoms with van der Waals surface area (Å²) in [6, 6.07) is 8.25. The number of benzene rings is 1. The van der Waals surface area contributed by atoms with E-state index in [4.69, 9.17) is 0 Å². The van der Waals surface area contributed by atoms with Gasteiger partial charge < -0.3 is 10.2 Å². The third-order valence-corrected chi connectivity index (χ3v) is 4.80. The summed E-state index contributed by atoms with van der Waals surface area (Å²) in [6.07, 6.45) is 2.67. The molecule has 142 valence electrons. The summed E-state index contributed by atoms with van der Waals surface area (Å²) < 4.78 is 26.8. The minimum atomic E-state index is -0.871. The van der Waals surface area contributed by atoms with Gasteiger partial charge in [-0.05, 0) is 44.0 Å². The van der Waals surface area contributed by atoms with Gasteiger partial charge in [-0.2, -0.15) is 0 Å². The highest BCUT2D eigenvalue weighted by molar-refractivity contribution is 5.94. The van der Waals surface area contributed by atoms with E-state index < -0.39 is 17.5 Å². The van der Waals surface area contributed by atoms with E-state index in [0.29, 0.717) is 32.0 Å².